The Labute approximate surface area is 104 Å². The number of nitrogens with zero attached hydrogens (tertiary/aromatic N) is 1. The summed E-state index contributed by atoms with van der Waals surface area (Å²) < 4.78 is 0. The van der Waals surface area contributed by atoms with E-state index < -0.39 is 0 Å². The maximum absolute atomic E-state index is 9.23. The fourth-order valence-corrected chi connectivity index (χ4v) is 2.06. The Morgan fingerprint density at radius 2 is 1.67 bits per heavy atom. The molecule has 0 amide bonds. The maximum atomic E-state index is 9.23. The second-order valence-electron chi connectivity index (χ2n) is 4.08. The van der Waals surface area contributed by atoms with Gasteiger partial charge >= 0.3 is 0 Å². The monoisotopic (exact) mass is 236 g/mol. The standard InChI is InChI=1S/C15H12N2O/c18-17-15(11-6-2-1-3-7-11)14-10-12-8-4-5-9-13(12)16-14/h1-10,16,18H/b17-15+. The van der Waals surface area contributed by atoms with Gasteiger partial charge < -0.3 is 10.2 Å². The Kier molecular flexibility index (Phi) is 2.57. The Hall–Kier alpha value is -2.55. The van der Waals surface area contributed by atoms with E-state index in [0.29, 0.717) is 5.71 Å². The number of benzene rings is 2. The molecule has 3 rings (SSSR count). The highest BCUT2D eigenvalue weighted by Crippen LogP contribution is 2.17. The van der Waals surface area contributed by atoms with Crippen molar-refractivity contribution in [2.45, 2.75) is 0 Å². The average Bonchev–Trinajstić information content (AvgIpc) is 2.84. The van der Waals surface area contributed by atoms with Gasteiger partial charge in [0, 0.05) is 16.5 Å². The van der Waals surface area contributed by atoms with Gasteiger partial charge in [-0.05, 0) is 12.1 Å². The highest BCUT2D eigenvalue weighted by atomic mass is 16.4. The van der Waals surface area contributed by atoms with Crippen LogP contribution in [0.1, 0.15) is 11.3 Å². The van der Waals surface area contributed by atoms with Crippen LogP contribution in [0.5, 0.6) is 0 Å². The van der Waals surface area contributed by atoms with Gasteiger partial charge in [0.15, 0.2) is 0 Å². The van der Waals surface area contributed by atoms with Crippen LogP contribution in [-0.2, 0) is 0 Å². The van der Waals surface area contributed by atoms with Gasteiger partial charge in [-0.15, -0.1) is 0 Å². The Bertz CT molecular complexity index is 666. The predicted molar refractivity (Wildman–Crippen MR) is 72.2 cm³/mol. The highest BCUT2D eigenvalue weighted by molar-refractivity contribution is 6.13. The van der Waals surface area contributed by atoms with Gasteiger partial charge in [0.05, 0.1) is 5.69 Å². The third-order valence-electron chi connectivity index (χ3n) is 2.93. The molecule has 0 radical (unpaired) electrons. The van der Waals surface area contributed by atoms with E-state index in [1.165, 1.54) is 0 Å². The normalized spacial score (nSPS) is 11.9. The molecular formula is C15H12N2O. The second-order valence-corrected chi connectivity index (χ2v) is 4.08. The Balaban J connectivity index is 2.13. The van der Waals surface area contributed by atoms with Gasteiger partial charge in [-0.25, -0.2) is 0 Å². The predicted octanol–water partition coefficient (Wildman–Crippen LogP) is 3.39. The number of fused-ring (bicyclic) bond motifs is 1. The molecule has 0 spiro atoms. The summed E-state index contributed by atoms with van der Waals surface area (Å²) in [6.07, 6.45) is 0. The summed E-state index contributed by atoms with van der Waals surface area (Å²) in [5.41, 5.74) is 3.27. The lowest BCUT2D eigenvalue weighted by Crippen LogP contribution is -2.03. The van der Waals surface area contributed by atoms with Crippen molar-refractivity contribution in [3.05, 3.63) is 71.9 Å². The van der Waals surface area contributed by atoms with Gasteiger partial charge in [-0.1, -0.05) is 53.7 Å². The first-order chi connectivity index (χ1) is 8.88. The molecule has 0 atom stereocenters. The Morgan fingerprint density at radius 1 is 0.944 bits per heavy atom. The van der Waals surface area contributed by atoms with Gasteiger partial charge in [-0.3, -0.25) is 0 Å². The molecule has 1 heterocycles. The molecule has 0 aliphatic carbocycles. The SMILES string of the molecule is O/N=C(\c1ccccc1)c1cc2ccccc2[nH]1. The van der Waals surface area contributed by atoms with E-state index in [9.17, 15) is 5.21 Å². The number of nitrogens with one attached hydrogen (secondary N) is 1. The number of H-pyrrole nitrogens is 1. The van der Waals surface area contributed by atoms with Crippen molar-refractivity contribution in [2.24, 2.45) is 5.16 Å². The number of hydrogen-bond acceptors (Lipinski definition) is 2. The number of hydrogen-bond donors (Lipinski definition) is 2. The van der Waals surface area contributed by atoms with Crippen LogP contribution in [0.2, 0.25) is 0 Å². The van der Waals surface area contributed by atoms with E-state index in [0.717, 1.165) is 22.2 Å². The first-order valence-corrected chi connectivity index (χ1v) is 5.74. The number of rotatable bonds is 2. The van der Waals surface area contributed by atoms with Crippen LogP contribution < -0.4 is 0 Å². The summed E-state index contributed by atoms with van der Waals surface area (Å²) in [6.45, 7) is 0. The van der Waals surface area contributed by atoms with Crippen molar-refractivity contribution in [3.8, 4) is 0 Å². The van der Waals surface area contributed by atoms with Crippen molar-refractivity contribution < 1.29 is 5.21 Å². The molecule has 0 fully saturated rings. The number of aromatic amines is 1. The van der Waals surface area contributed by atoms with Crippen molar-refractivity contribution in [3.63, 3.8) is 0 Å². The number of oxime groups is 1. The van der Waals surface area contributed by atoms with Crippen LogP contribution in [0.3, 0.4) is 0 Å². The third kappa shape index (κ3) is 1.76. The first kappa shape index (κ1) is 10.6. The van der Waals surface area contributed by atoms with Gasteiger partial charge in [-0.2, -0.15) is 0 Å². The minimum absolute atomic E-state index is 0.548. The highest BCUT2D eigenvalue weighted by Gasteiger charge is 2.10. The molecule has 0 saturated carbocycles. The fourth-order valence-electron chi connectivity index (χ4n) is 2.06. The van der Waals surface area contributed by atoms with E-state index in [1.807, 2.05) is 60.7 Å². The van der Waals surface area contributed by atoms with Crippen molar-refractivity contribution >= 4 is 16.6 Å². The molecule has 1 aromatic heterocycles. The van der Waals surface area contributed by atoms with Gasteiger partial charge in [0.2, 0.25) is 0 Å². The first-order valence-electron chi connectivity index (χ1n) is 5.74. The molecule has 2 aromatic carbocycles. The molecule has 3 nitrogen and oxygen atoms in total. The van der Waals surface area contributed by atoms with Gasteiger partial charge in [0.1, 0.15) is 5.71 Å². The minimum atomic E-state index is 0.548. The van der Waals surface area contributed by atoms with Crippen molar-refractivity contribution in [2.75, 3.05) is 0 Å². The summed E-state index contributed by atoms with van der Waals surface area (Å²) >= 11 is 0. The molecule has 0 aliphatic heterocycles. The topological polar surface area (TPSA) is 48.4 Å². The number of aromatic nitrogens is 1. The largest absolute Gasteiger partial charge is 0.410 e. The van der Waals surface area contributed by atoms with E-state index in [2.05, 4.69) is 10.1 Å². The van der Waals surface area contributed by atoms with Gasteiger partial charge in [0.25, 0.3) is 0 Å². The lowest BCUT2D eigenvalue weighted by atomic mass is 10.1. The summed E-state index contributed by atoms with van der Waals surface area (Å²) in [5, 5.41) is 13.7. The summed E-state index contributed by atoms with van der Waals surface area (Å²) in [6, 6.07) is 19.6. The lowest BCUT2D eigenvalue weighted by Gasteiger charge is -2.01. The molecule has 0 bridgehead atoms. The zero-order valence-electron chi connectivity index (χ0n) is 9.67. The smallest absolute Gasteiger partial charge is 0.133 e. The Morgan fingerprint density at radius 3 is 2.39 bits per heavy atom. The van der Waals surface area contributed by atoms with E-state index in [1.54, 1.807) is 0 Å². The summed E-state index contributed by atoms with van der Waals surface area (Å²) in [4.78, 5) is 3.25. The van der Waals surface area contributed by atoms with Crippen LogP contribution in [0.25, 0.3) is 10.9 Å². The van der Waals surface area contributed by atoms with Crippen LogP contribution >= 0.6 is 0 Å². The molecule has 0 saturated heterocycles. The maximum Gasteiger partial charge on any atom is 0.133 e. The quantitative estimate of drug-likeness (QED) is 0.400. The molecule has 18 heavy (non-hydrogen) atoms. The van der Waals surface area contributed by atoms with E-state index in [-0.39, 0.29) is 0 Å². The molecule has 0 unspecified atom stereocenters. The minimum Gasteiger partial charge on any atom is -0.410 e. The molecular weight excluding hydrogens is 224 g/mol. The molecule has 0 aliphatic rings. The second kappa shape index (κ2) is 4.37. The summed E-state index contributed by atoms with van der Waals surface area (Å²) in [7, 11) is 0. The van der Waals surface area contributed by atoms with E-state index in [4.69, 9.17) is 0 Å². The fraction of sp³-hybridized carbons (Fsp3) is 0. The molecule has 88 valence electrons. The molecule has 3 heteroatoms. The zero-order valence-corrected chi connectivity index (χ0v) is 9.67. The zero-order chi connectivity index (χ0) is 12.4. The molecule has 2 N–H and O–H groups in total. The van der Waals surface area contributed by atoms with Crippen LogP contribution in [0.4, 0.5) is 0 Å². The summed E-state index contributed by atoms with van der Waals surface area (Å²) in [5.74, 6) is 0. The van der Waals surface area contributed by atoms with Crippen molar-refractivity contribution in [1.82, 2.24) is 4.98 Å². The van der Waals surface area contributed by atoms with Crippen LogP contribution in [-0.4, -0.2) is 15.9 Å². The van der Waals surface area contributed by atoms with Crippen LogP contribution in [0.15, 0.2) is 65.8 Å². The third-order valence-corrected chi connectivity index (χ3v) is 2.93. The lowest BCUT2D eigenvalue weighted by molar-refractivity contribution is 0.319. The average molecular weight is 236 g/mol. The molecule has 3 aromatic rings. The number of para-hydroxylation sites is 1. The van der Waals surface area contributed by atoms with Crippen LogP contribution in [0, 0.1) is 0 Å². The van der Waals surface area contributed by atoms with E-state index >= 15 is 0 Å². The van der Waals surface area contributed by atoms with Crippen molar-refractivity contribution in [1.29, 1.82) is 0 Å².